The SMILES string of the molecule is CCC/C=C/COOC(=O)C1C(c2ccc(O)cc2)C(C(=O)OOC/C=C/CCC)C1c1ccc(O)cc1. The molecular weight excluding hydrogens is 488 g/mol. The number of phenols is 2. The van der Waals surface area contributed by atoms with Crippen LogP contribution in [0.15, 0.2) is 72.8 Å². The molecule has 2 aromatic carbocycles. The van der Waals surface area contributed by atoms with Gasteiger partial charge in [-0.15, -0.1) is 0 Å². The second-order valence-corrected chi connectivity index (χ2v) is 9.18. The molecule has 0 aromatic heterocycles. The molecule has 1 fully saturated rings. The lowest BCUT2D eigenvalue weighted by Gasteiger charge is -2.48. The number of rotatable bonds is 14. The van der Waals surface area contributed by atoms with Crippen LogP contribution in [0.5, 0.6) is 11.5 Å². The summed E-state index contributed by atoms with van der Waals surface area (Å²) in [5, 5.41) is 19.6. The van der Waals surface area contributed by atoms with Gasteiger partial charge in [0, 0.05) is 11.8 Å². The van der Waals surface area contributed by atoms with E-state index in [-0.39, 0.29) is 24.7 Å². The molecule has 2 aromatic rings. The maximum absolute atomic E-state index is 13.3. The molecule has 38 heavy (non-hydrogen) atoms. The number of carbonyl (C=O) groups excluding carboxylic acids is 2. The molecule has 0 aliphatic heterocycles. The van der Waals surface area contributed by atoms with Gasteiger partial charge in [-0.3, -0.25) is 9.78 Å². The van der Waals surface area contributed by atoms with E-state index in [2.05, 4.69) is 13.8 Å². The topological polar surface area (TPSA) is 112 Å². The number of hydrogen-bond donors (Lipinski definition) is 2. The van der Waals surface area contributed by atoms with Crippen LogP contribution < -0.4 is 0 Å². The lowest BCUT2D eigenvalue weighted by Crippen LogP contribution is -2.52. The van der Waals surface area contributed by atoms with Crippen molar-refractivity contribution >= 4 is 11.9 Å². The van der Waals surface area contributed by atoms with Gasteiger partial charge in [0.2, 0.25) is 0 Å². The highest BCUT2D eigenvalue weighted by molar-refractivity contribution is 5.85. The monoisotopic (exact) mass is 524 g/mol. The van der Waals surface area contributed by atoms with Crippen molar-refractivity contribution in [3.8, 4) is 11.5 Å². The standard InChI is InChI=1S/C30H36O8/c1-3-5-7-9-19-35-37-29(33)27-25(21-11-15-23(31)16-12-21)28(26(27)22-13-17-24(32)18-14-22)30(34)38-36-20-10-8-6-4-2/h7-18,25-28,31-32H,3-6,19-20H2,1-2H3/b9-7+,10-8+. The average Bonchev–Trinajstić information content (AvgIpc) is 2.90. The molecule has 0 spiro atoms. The quantitative estimate of drug-likeness (QED) is 0.137. The van der Waals surface area contributed by atoms with Crippen molar-refractivity contribution in [1.29, 1.82) is 0 Å². The number of carbonyl (C=O) groups is 2. The van der Waals surface area contributed by atoms with E-state index in [4.69, 9.17) is 19.6 Å². The summed E-state index contributed by atoms with van der Waals surface area (Å²) in [4.78, 5) is 47.2. The molecule has 1 aliphatic rings. The Morgan fingerprint density at radius 2 is 1.03 bits per heavy atom. The van der Waals surface area contributed by atoms with Crippen molar-refractivity contribution in [2.75, 3.05) is 13.2 Å². The molecule has 0 heterocycles. The Morgan fingerprint density at radius 1 is 0.658 bits per heavy atom. The zero-order valence-corrected chi connectivity index (χ0v) is 21.8. The van der Waals surface area contributed by atoms with Crippen LogP contribution in [0.4, 0.5) is 0 Å². The highest BCUT2D eigenvalue weighted by Crippen LogP contribution is 2.58. The smallest absolute Gasteiger partial charge is 0.346 e. The van der Waals surface area contributed by atoms with E-state index in [1.807, 2.05) is 12.2 Å². The second-order valence-electron chi connectivity index (χ2n) is 9.18. The van der Waals surface area contributed by atoms with Crippen molar-refractivity contribution in [2.45, 2.75) is 51.4 Å². The molecule has 0 atom stereocenters. The maximum Gasteiger partial charge on any atom is 0.346 e. The van der Waals surface area contributed by atoms with Crippen molar-refractivity contribution in [3.05, 3.63) is 84.0 Å². The van der Waals surface area contributed by atoms with Gasteiger partial charge in [-0.2, -0.15) is 9.78 Å². The van der Waals surface area contributed by atoms with Crippen LogP contribution in [0.3, 0.4) is 0 Å². The minimum absolute atomic E-state index is 0.0609. The Kier molecular flexibility index (Phi) is 11.4. The van der Waals surface area contributed by atoms with Gasteiger partial charge in [0.1, 0.15) is 24.7 Å². The van der Waals surface area contributed by atoms with Crippen LogP contribution in [0.1, 0.15) is 62.5 Å². The summed E-state index contributed by atoms with van der Waals surface area (Å²) in [6, 6.07) is 12.6. The summed E-state index contributed by atoms with van der Waals surface area (Å²) in [6.45, 7) is 4.34. The van der Waals surface area contributed by atoms with Crippen LogP contribution >= 0.6 is 0 Å². The summed E-state index contributed by atoms with van der Waals surface area (Å²) in [5.74, 6) is -3.94. The molecule has 1 aliphatic carbocycles. The van der Waals surface area contributed by atoms with Gasteiger partial charge in [-0.05, 0) is 48.2 Å². The first-order valence-electron chi connectivity index (χ1n) is 13.0. The van der Waals surface area contributed by atoms with Gasteiger partial charge in [0.25, 0.3) is 0 Å². The van der Waals surface area contributed by atoms with Gasteiger partial charge in [0.05, 0.1) is 11.8 Å². The van der Waals surface area contributed by atoms with E-state index in [9.17, 15) is 19.8 Å². The minimum Gasteiger partial charge on any atom is -0.508 e. The Hall–Kier alpha value is -3.62. The van der Waals surface area contributed by atoms with E-state index >= 15 is 0 Å². The Bertz CT molecular complexity index is 979. The minimum atomic E-state index is -0.786. The highest BCUT2D eigenvalue weighted by atomic mass is 17.2. The van der Waals surface area contributed by atoms with Gasteiger partial charge in [-0.25, -0.2) is 9.59 Å². The van der Waals surface area contributed by atoms with Crippen molar-refractivity contribution in [2.24, 2.45) is 11.8 Å². The van der Waals surface area contributed by atoms with Crippen molar-refractivity contribution < 1.29 is 39.4 Å². The van der Waals surface area contributed by atoms with Gasteiger partial charge >= 0.3 is 11.9 Å². The molecular formula is C30H36O8. The van der Waals surface area contributed by atoms with E-state index in [1.165, 1.54) is 24.3 Å². The normalized spacial score (nSPS) is 20.9. The number of phenolic OH excluding ortho intramolecular Hbond substituents is 2. The zero-order valence-electron chi connectivity index (χ0n) is 21.8. The summed E-state index contributed by atoms with van der Waals surface area (Å²) >= 11 is 0. The highest BCUT2D eigenvalue weighted by Gasteiger charge is 2.60. The first kappa shape index (κ1) is 28.9. The predicted octanol–water partition coefficient (Wildman–Crippen LogP) is 5.87. The molecule has 204 valence electrons. The summed E-state index contributed by atoms with van der Waals surface area (Å²) in [7, 11) is 0. The third-order valence-electron chi connectivity index (χ3n) is 6.50. The Balaban J connectivity index is 1.85. The number of aromatic hydroxyl groups is 2. The average molecular weight is 525 g/mol. The lowest BCUT2D eigenvalue weighted by atomic mass is 9.52. The first-order chi connectivity index (χ1) is 18.5. The van der Waals surface area contributed by atoms with Crippen LogP contribution in [0.25, 0.3) is 0 Å². The van der Waals surface area contributed by atoms with Crippen molar-refractivity contribution in [3.63, 3.8) is 0 Å². The molecule has 2 N–H and O–H groups in total. The fourth-order valence-corrected chi connectivity index (χ4v) is 4.64. The summed E-state index contributed by atoms with van der Waals surface area (Å²) in [6.07, 6.45) is 11.2. The Morgan fingerprint density at radius 3 is 1.37 bits per heavy atom. The van der Waals surface area contributed by atoms with Crippen LogP contribution in [0, 0.1) is 11.8 Å². The molecule has 0 saturated heterocycles. The maximum atomic E-state index is 13.3. The molecule has 0 amide bonds. The van der Waals surface area contributed by atoms with E-state index < -0.39 is 35.6 Å². The van der Waals surface area contributed by atoms with Crippen LogP contribution in [-0.2, 0) is 29.1 Å². The second kappa shape index (κ2) is 15.0. The molecule has 0 bridgehead atoms. The first-order valence-corrected chi connectivity index (χ1v) is 13.0. The number of hydrogen-bond acceptors (Lipinski definition) is 8. The molecule has 8 nitrogen and oxygen atoms in total. The van der Waals surface area contributed by atoms with E-state index in [0.29, 0.717) is 11.1 Å². The van der Waals surface area contributed by atoms with E-state index in [0.717, 1.165) is 25.7 Å². The van der Waals surface area contributed by atoms with Crippen LogP contribution in [0.2, 0.25) is 0 Å². The van der Waals surface area contributed by atoms with Crippen molar-refractivity contribution in [1.82, 2.24) is 0 Å². The largest absolute Gasteiger partial charge is 0.508 e. The van der Waals surface area contributed by atoms with Gasteiger partial charge in [0.15, 0.2) is 0 Å². The molecule has 0 unspecified atom stereocenters. The Labute approximate surface area is 223 Å². The van der Waals surface area contributed by atoms with E-state index in [1.54, 1.807) is 36.4 Å². The summed E-state index contributed by atoms with van der Waals surface area (Å²) in [5.41, 5.74) is 1.32. The fourth-order valence-electron chi connectivity index (χ4n) is 4.64. The lowest BCUT2D eigenvalue weighted by molar-refractivity contribution is -0.283. The summed E-state index contributed by atoms with van der Waals surface area (Å²) < 4.78 is 0. The van der Waals surface area contributed by atoms with Gasteiger partial charge in [-0.1, -0.05) is 75.3 Å². The number of allylic oxidation sites excluding steroid dienone is 2. The molecule has 8 heteroatoms. The third kappa shape index (κ3) is 7.69. The third-order valence-corrected chi connectivity index (χ3v) is 6.50. The van der Waals surface area contributed by atoms with Crippen LogP contribution in [-0.4, -0.2) is 35.4 Å². The molecule has 0 radical (unpaired) electrons. The predicted molar refractivity (Wildman–Crippen MR) is 141 cm³/mol. The number of unbranched alkanes of at least 4 members (excludes halogenated alkanes) is 2. The fraction of sp³-hybridized carbons (Fsp3) is 0.400. The number of benzene rings is 2. The van der Waals surface area contributed by atoms with Gasteiger partial charge < -0.3 is 10.2 Å². The molecule has 1 saturated carbocycles. The zero-order chi connectivity index (χ0) is 27.3. The molecule has 3 rings (SSSR count).